The number of nitrogens with one attached hydrogen (secondary N) is 1. The van der Waals surface area contributed by atoms with Crippen LogP contribution >= 0.6 is 11.8 Å². The zero-order valence-electron chi connectivity index (χ0n) is 11.5. The molecule has 0 amide bonds. The van der Waals surface area contributed by atoms with Gasteiger partial charge in [-0.25, -0.2) is 4.98 Å². The highest BCUT2D eigenvalue weighted by Gasteiger charge is 2.17. The average molecular weight is 266 g/mol. The molecule has 100 valence electrons. The number of nitrogens with zero attached hydrogens (tertiary/aromatic N) is 2. The number of amidine groups is 1. The van der Waals surface area contributed by atoms with E-state index in [0.29, 0.717) is 6.04 Å². The van der Waals surface area contributed by atoms with Crippen molar-refractivity contribution in [2.45, 2.75) is 26.3 Å². The van der Waals surface area contributed by atoms with Crippen molar-refractivity contribution in [3.05, 3.63) is 23.4 Å². The molecule has 0 fully saturated rings. The van der Waals surface area contributed by atoms with Gasteiger partial charge in [0, 0.05) is 19.3 Å². The lowest BCUT2D eigenvalue weighted by Gasteiger charge is -2.28. The molecular formula is C13H22N4S. The Balaban J connectivity index is 3.01. The first kappa shape index (κ1) is 14.8. The monoisotopic (exact) mass is 266 g/mol. The standard InChI is InChI=1S/C13H22N4S/c1-9-5-7-16-13(11(9)12(14)15)17(3)10(2)6-8-18-4/h5,7,10H,6,8H2,1-4H3,(H3,14,15). The highest BCUT2D eigenvalue weighted by molar-refractivity contribution is 7.98. The third-order valence-electron chi connectivity index (χ3n) is 3.14. The van der Waals surface area contributed by atoms with E-state index in [1.54, 1.807) is 6.20 Å². The molecule has 1 aromatic rings. The van der Waals surface area contributed by atoms with E-state index >= 15 is 0 Å². The maximum atomic E-state index is 7.70. The van der Waals surface area contributed by atoms with Gasteiger partial charge in [0.25, 0.3) is 0 Å². The van der Waals surface area contributed by atoms with Gasteiger partial charge in [-0.15, -0.1) is 0 Å². The van der Waals surface area contributed by atoms with E-state index in [1.807, 2.05) is 31.8 Å². The molecule has 0 aliphatic heterocycles. The van der Waals surface area contributed by atoms with Gasteiger partial charge >= 0.3 is 0 Å². The Hall–Kier alpha value is -1.23. The van der Waals surface area contributed by atoms with E-state index in [0.717, 1.165) is 29.1 Å². The van der Waals surface area contributed by atoms with Crippen LogP contribution in [0.1, 0.15) is 24.5 Å². The minimum atomic E-state index is 0.0829. The van der Waals surface area contributed by atoms with Crippen LogP contribution in [0.2, 0.25) is 0 Å². The van der Waals surface area contributed by atoms with E-state index in [-0.39, 0.29) is 5.84 Å². The second kappa shape index (κ2) is 6.64. The Morgan fingerprint density at radius 1 is 1.61 bits per heavy atom. The molecule has 1 unspecified atom stereocenters. The maximum absolute atomic E-state index is 7.70. The molecule has 0 saturated heterocycles. The minimum absolute atomic E-state index is 0.0829. The molecule has 0 aliphatic rings. The van der Waals surface area contributed by atoms with Gasteiger partial charge in [0.1, 0.15) is 11.7 Å². The number of anilines is 1. The zero-order chi connectivity index (χ0) is 13.7. The van der Waals surface area contributed by atoms with Crippen LogP contribution < -0.4 is 10.6 Å². The predicted octanol–water partition coefficient (Wildman–Crippen LogP) is 2.25. The van der Waals surface area contributed by atoms with Gasteiger partial charge in [0.15, 0.2) is 0 Å². The van der Waals surface area contributed by atoms with Crippen LogP contribution in [0, 0.1) is 12.3 Å². The number of aryl methyl sites for hydroxylation is 1. The molecule has 18 heavy (non-hydrogen) atoms. The summed E-state index contributed by atoms with van der Waals surface area (Å²) in [6.45, 7) is 4.13. The number of hydrogen-bond donors (Lipinski definition) is 2. The summed E-state index contributed by atoms with van der Waals surface area (Å²) in [7, 11) is 2.01. The normalized spacial score (nSPS) is 12.2. The zero-order valence-corrected chi connectivity index (χ0v) is 12.3. The van der Waals surface area contributed by atoms with Crippen molar-refractivity contribution in [2.75, 3.05) is 24.0 Å². The summed E-state index contributed by atoms with van der Waals surface area (Å²) in [6, 6.07) is 2.27. The van der Waals surface area contributed by atoms with E-state index < -0.39 is 0 Å². The second-order valence-electron chi connectivity index (χ2n) is 4.48. The van der Waals surface area contributed by atoms with Crippen LogP contribution in [-0.2, 0) is 0 Å². The first-order valence-corrected chi connectivity index (χ1v) is 7.40. The van der Waals surface area contributed by atoms with E-state index in [9.17, 15) is 0 Å². The molecule has 1 rings (SSSR count). The quantitative estimate of drug-likeness (QED) is 0.612. The molecule has 0 aliphatic carbocycles. The van der Waals surface area contributed by atoms with Crippen LogP contribution in [-0.4, -0.2) is 35.9 Å². The second-order valence-corrected chi connectivity index (χ2v) is 5.47. The molecule has 1 heterocycles. The molecule has 0 bridgehead atoms. The Kier molecular flexibility index (Phi) is 5.47. The van der Waals surface area contributed by atoms with Crippen molar-refractivity contribution in [3.8, 4) is 0 Å². The van der Waals surface area contributed by atoms with Crippen LogP contribution in [0.5, 0.6) is 0 Å². The molecule has 3 N–H and O–H groups in total. The maximum Gasteiger partial charge on any atom is 0.139 e. The fourth-order valence-electron chi connectivity index (χ4n) is 1.84. The van der Waals surface area contributed by atoms with Gasteiger partial charge in [-0.1, -0.05) is 0 Å². The lowest BCUT2D eigenvalue weighted by atomic mass is 10.1. The summed E-state index contributed by atoms with van der Waals surface area (Å²) in [4.78, 5) is 6.50. The lowest BCUT2D eigenvalue weighted by Crippen LogP contribution is -2.32. The fraction of sp³-hybridized carbons (Fsp3) is 0.538. The average Bonchev–Trinajstić information content (AvgIpc) is 2.34. The molecule has 4 nitrogen and oxygen atoms in total. The van der Waals surface area contributed by atoms with Crippen LogP contribution in [0.25, 0.3) is 0 Å². The Morgan fingerprint density at radius 2 is 2.28 bits per heavy atom. The smallest absolute Gasteiger partial charge is 0.139 e. The molecule has 0 saturated carbocycles. The van der Waals surface area contributed by atoms with Gasteiger partial charge in [0.2, 0.25) is 0 Å². The van der Waals surface area contributed by atoms with Crippen LogP contribution in [0.15, 0.2) is 12.3 Å². The van der Waals surface area contributed by atoms with Gasteiger partial charge in [0.05, 0.1) is 5.56 Å². The number of hydrogen-bond acceptors (Lipinski definition) is 4. The highest BCUT2D eigenvalue weighted by Crippen LogP contribution is 2.22. The fourth-order valence-corrected chi connectivity index (χ4v) is 2.41. The van der Waals surface area contributed by atoms with E-state index in [2.05, 4.69) is 23.1 Å². The molecule has 0 radical (unpaired) electrons. The Labute approximate surface area is 113 Å². The van der Waals surface area contributed by atoms with Crippen molar-refractivity contribution in [2.24, 2.45) is 5.73 Å². The third kappa shape index (κ3) is 3.38. The molecule has 1 atom stereocenters. The number of rotatable bonds is 6. The molecule has 0 aromatic carbocycles. The van der Waals surface area contributed by atoms with Crippen molar-refractivity contribution in [1.29, 1.82) is 5.41 Å². The van der Waals surface area contributed by atoms with Crippen molar-refractivity contribution >= 4 is 23.4 Å². The summed E-state index contributed by atoms with van der Waals surface area (Å²) >= 11 is 1.84. The van der Waals surface area contributed by atoms with Crippen LogP contribution in [0.3, 0.4) is 0 Å². The van der Waals surface area contributed by atoms with Crippen molar-refractivity contribution < 1.29 is 0 Å². The molecule has 0 spiro atoms. The summed E-state index contributed by atoms with van der Waals surface area (Å²) in [6.07, 6.45) is 4.97. The SMILES string of the molecule is CSCCC(C)N(C)c1nccc(C)c1C(=N)N. The highest BCUT2D eigenvalue weighted by atomic mass is 32.2. The topological polar surface area (TPSA) is 66.0 Å². The lowest BCUT2D eigenvalue weighted by molar-refractivity contribution is 0.661. The summed E-state index contributed by atoms with van der Waals surface area (Å²) < 4.78 is 0. The number of nitrogens with two attached hydrogens (primary N) is 1. The number of aromatic nitrogens is 1. The molecule has 5 heteroatoms. The largest absolute Gasteiger partial charge is 0.384 e. The van der Waals surface area contributed by atoms with Crippen molar-refractivity contribution in [1.82, 2.24) is 4.98 Å². The van der Waals surface area contributed by atoms with Gasteiger partial charge in [-0.2, -0.15) is 11.8 Å². The van der Waals surface area contributed by atoms with Gasteiger partial charge in [-0.05, 0) is 43.9 Å². The van der Waals surface area contributed by atoms with E-state index in [4.69, 9.17) is 11.1 Å². The van der Waals surface area contributed by atoms with Gasteiger partial charge in [-0.3, -0.25) is 5.41 Å². The van der Waals surface area contributed by atoms with Gasteiger partial charge < -0.3 is 10.6 Å². The Morgan fingerprint density at radius 3 is 2.83 bits per heavy atom. The first-order chi connectivity index (χ1) is 8.49. The molecule has 1 aromatic heterocycles. The summed E-state index contributed by atoms with van der Waals surface area (Å²) in [5.41, 5.74) is 7.41. The van der Waals surface area contributed by atoms with Crippen LogP contribution in [0.4, 0.5) is 5.82 Å². The third-order valence-corrected chi connectivity index (χ3v) is 3.79. The number of thioether (sulfide) groups is 1. The number of pyridine rings is 1. The first-order valence-electron chi connectivity index (χ1n) is 6.00. The minimum Gasteiger partial charge on any atom is -0.384 e. The summed E-state index contributed by atoms with van der Waals surface area (Å²) in [5, 5.41) is 7.70. The predicted molar refractivity (Wildman–Crippen MR) is 80.9 cm³/mol. The Bertz CT molecular complexity index is 419. The number of nitrogen functional groups attached to an aromatic ring is 1. The summed E-state index contributed by atoms with van der Waals surface area (Å²) in [5.74, 6) is 2.00. The van der Waals surface area contributed by atoms with E-state index in [1.165, 1.54) is 0 Å². The molecular weight excluding hydrogens is 244 g/mol. The van der Waals surface area contributed by atoms with Crippen molar-refractivity contribution in [3.63, 3.8) is 0 Å².